The highest BCUT2D eigenvalue weighted by atomic mass is 32.2. The van der Waals surface area contributed by atoms with E-state index in [1.807, 2.05) is 24.3 Å². The second-order valence-corrected chi connectivity index (χ2v) is 8.37. The normalized spacial score (nSPS) is 18.3. The molecule has 3 aromatic rings. The van der Waals surface area contributed by atoms with E-state index >= 15 is 0 Å². The molecule has 0 spiro atoms. The van der Waals surface area contributed by atoms with Gasteiger partial charge in [-0.1, -0.05) is 12.1 Å². The molecule has 8 heteroatoms. The highest BCUT2D eigenvalue weighted by Crippen LogP contribution is 2.40. The number of aromatic nitrogens is 2. The zero-order chi connectivity index (χ0) is 20.0. The van der Waals surface area contributed by atoms with Crippen molar-refractivity contribution < 1.29 is 18.5 Å². The van der Waals surface area contributed by atoms with Crippen molar-refractivity contribution in [2.24, 2.45) is 0 Å². The molecule has 1 amide bonds. The lowest BCUT2D eigenvalue weighted by Gasteiger charge is -2.26. The molecule has 0 bridgehead atoms. The van der Waals surface area contributed by atoms with Crippen LogP contribution in [0.4, 0.5) is 4.39 Å². The number of nitrogens with zero attached hydrogens (tertiary/aromatic N) is 3. The van der Waals surface area contributed by atoms with Crippen LogP contribution in [0.5, 0.6) is 0 Å². The zero-order valence-corrected chi connectivity index (χ0v) is 16.3. The Morgan fingerprint density at radius 2 is 1.83 bits per heavy atom. The van der Waals surface area contributed by atoms with Crippen molar-refractivity contribution in [1.29, 1.82) is 0 Å². The average molecular weight is 411 g/mol. The number of fused-ring (bicyclic) bond motifs is 3. The fraction of sp³-hybridized carbons (Fsp3) is 0.238. The van der Waals surface area contributed by atoms with Gasteiger partial charge in [-0.05, 0) is 47.6 Å². The first-order chi connectivity index (χ1) is 14.1. The van der Waals surface area contributed by atoms with E-state index in [2.05, 4.69) is 5.10 Å². The molecule has 5 rings (SSSR count). The third kappa shape index (κ3) is 3.13. The second kappa shape index (κ2) is 7.29. The first-order valence-corrected chi connectivity index (χ1v) is 10.7. The Morgan fingerprint density at radius 3 is 2.59 bits per heavy atom. The van der Waals surface area contributed by atoms with E-state index in [1.54, 1.807) is 21.7 Å². The van der Waals surface area contributed by atoms with Crippen molar-refractivity contribution in [2.75, 3.05) is 26.3 Å². The van der Waals surface area contributed by atoms with Gasteiger partial charge < -0.3 is 14.2 Å². The molecule has 1 fully saturated rings. The van der Waals surface area contributed by atoms with Crippen LogP contribution in [-0.4, -0.2) is 51.4 Å². The predicted molar refractivity (Wildman–Crippen MR) is 106 cm³/mol. The van der Waals surface area contributed by atoms with E-state index in [0.717, 1.165) is 11.3 Å². The van der Waals surface area contributed by atoms with E-state index in [1.165, 1.54) is 12.1 Å². The van der Waals surface area contributed by atoms with Crippen molar-refractivity contribution in [3.63, 3.8) is 0 Å². The van der Waals surface area contributed by atoms with E-state index < -0.39 is 11.2 Å². The number of halogens is 1. The zero-order valence-electron chi connectivity index (χ0n) is 15.5. The van der Waals surface area contributed by atoms with Crippen LogP contribution in [-0.2, 0) is 21.7 Å². The van der Waals surface area contributed by atoms with E-state index in [4.69, 9.17) is 4.74 Å². The van der Waals surface area contributed by atoms with Crippen LogP contribution < -0.4 is 0 Å². The van der Waals surface area contributed by atoms with Gasteiger partial charge in [0.25, 0.3) is 5.91 Å². The molecular weight excluding hydrogens is 393 g/mol. The van der Waals surface area contributed by atoms with Crippen molar-refractivity contribution >= 4 is 17.1 Å². The van der Waals surface area contributed by atoms with Crippen molar-refractivity contribution in [1.82, 2.24) is 14.7 Å². The molecule has 0 saturated carbocycles. The van der Waals surface area contributed by atoms with Gasteiger partial charge in [0, 0.05) is 13.1 Å². The fourth-order valence-corrected chi connectivity index (χ4v) is 5.12. The van der Waals surface area contributed by atoms with Gasteiger partial charge in [-0.3, -0.25) is 4.79 Å². The summed E-state index contributed by atoms with van der Waals surface area (Å²) >= 11 is -1.26. The first kappa shape index (κ1) is 18.4. The number of morpholine rings is 1. The molecule has 29 heavy (non-hydrogen) atoms. The number of carbonyl (C=O) groups excluding carboxylic acids is 1. The molecule has 1 unspecified atom stereocenters. The highest BCUT2D eigenvalue weighted by Gasteiger charge is 2.36. The lowest BCUT2D eigenvalue weighted by Crippen LogP contribution is -2.41. The maximum absolute atomic E-state index is 13.5. The summed E-state index contributed by atoms with van der Waals surface area (Å²) in [7, 11) is 0. The Labute approximate surface area is 170 Å². The summed E-state index contributed by atoms with van der Waals surface area (Å²) < 4.78 is 33.3. The Bertz CT molecular complexity index is 1080. The summed E-state index contributed by atoms with van der Waals surface area (Å²) in [4.78, 5) is 15.7. The molecule has 0 radical (unpaired) electrons. The monoisotopic (exact) mass is 411 g/mol. The fourth-order valence-electron chi connectivity index (χ4n) is 3.79. The van der Waals surface area contributed by atoms with Crippen LogP contribution in [0.3, 0.4) is 0 Å². The highest BCUT2D eigenvalue weighted by molar-refractivity contribution is 7.90. The lowest BCUT2D eigenvalue weighted by atomic mass is 10.0. The van der Waals surface area contributed by atoms with Crippen LogP contribution in [0, 0.1) is 5.82 Å². The molecule has 2 aliphatic heterocycles. The van der Waals surface area contributed by atoms with Gasteiger partial charge >= 0.3 is 0 Å². The minimum atomic E-state index is -1.26. The van der Waals surface area contributed by atoms with Crippen LogP contribution >= 0.6 is 0 Å². The molecule has 0 aliphatic carbocycles. The first-order valence-electron chi connectivity index (χ1n) is 9.36. The van der Waals surface area contributed by atoms with Crippen LogP contribution in [0.25, 0.3) is 16.9 Å². The molecule has 1 atom stereocenters. The minimum Gasteiger partial charge on any atom is -0.611 e. The van der Waals surface area contributed by atoms with Crippen molar-refractivity contribution in [2.45, 2.75) is 10.6 Å². The smallest absolute Gasteiger partial charge is 0.275 e. The number of carbonyl (C=O) groups is 1. The number of amides is 1. The van der Waals surface area contributed by atoms with Gasteiger partial charge in [0.1, 0.15) is 11.6 Å². The lowest BCUT2D eigenvalue weighted by molar-refractivity contribution is 0.0298. The molecule has 6 nitrogen and oxygen atoms in total. The van der Waals surface area contributed by atoms with Gasteiger partial charge in [0.05, 0.1) is 35.7 Å². The quantitative estimate of drug-likeness (QED) is 0.608. The number of hydrogen-bond acceptors (Lipinski definition) is 4. The van der Waals surface area contributed by atoms with Crippen LogP contribution in [0.15, 0.2) is 53.4 Å². The van der Waals surface area contributed by atoms with Gasteiger partial charge in [-0.15, -0.1) is 0 Å². The minimum absolute atomic E-state index is 0.193. The van der Waals surface area contributed by atoms with Gasteiger partial charge in [-0.2, -0.15) is 5.10 Å². The van der Waals surface area contributed by atoms with E-state index in [-0.39, 0.29) is 17.5 Å². The summed E-state index contributed by atoms with van der Waals surface area (Å²) in [5, 5.41) is 4.63. The maximum Gasteiger partial charge on any atom is 0.275 e. The largest absolute Gasteiger partial charge is 0.611 e. The Kier molecular flexibility index (Phi) is 4.61. The van der Waals surface area contributed by atoms with Crippen LogP contribution in [0.2, 0.25) is 0 Å². The van der Waals surface area contributed by atoms with Crippen molar-refractivity contribution in [3.8, 4) is 16.9 Å². The molecule has 2 aromatic carbocycles. The number of ether oxygens (including phenoxy) is 1. The van der Waals surface area contributed by atoms with Crippen LogP contribution in [0.1, 0.15) is 16.1 Å². The third-order valence-corrected chi connectivity index (χ3v) is 6.62. The molecule has 0 N–H and O–H groups in total. The Morgan fingerprint density at radius 1 is 1.10 bits per heavy atom. The molecule has 1 aromatic heterocycles. The van der Waals surface area contributed by atoms with E-state index in [0.29, 0.717) is 48.1 Å². The summed E-state index contributed by atoms with van der Waals surface area (Å²) in [6.07, 6.45) is 0. The number of hydrogen-bond donors (Lipinski definition) is 0. The predicted octanol–water partition coefficient (Wildman–Crippen LogP) is 2.77. The topological polar surface area (TPSA) is 70.4 Å². The SMILES string of the molecule is O=C(c1nn(-c2ccc(F)cc2)c2c1C[S+]([O-])c1ccccc1-2)N1CCOCC1. The standard InChI is InChI=1S/C21H18FN3O3S/c22-14-5-7-15(8-6-14)25-20-16-3-1-2-4-18(16)29(27)13-17(20)19(23-25)21(26)24-9-11-28-12-10-24/h1-8H,9-13H2. The number of benzene rings is 2. The summed E-state index contributed by atoms with van der Waals surface area (Å²) in [6, 6.07) is 13.4. The second-order valence-electron chi connectivity index (χ2n) is 6.95. The molecular formula is C21H18FN3O3S. The third-order valence-electron chi connectivity index (χ3n) is 5.22. The van der Waals surface area contributed by atoms with E-state index in [9.17, 15) is 13.7 Å². The summed E-state index contributed by atoms with van der Waals surface area (Å²) in [5.41, 5.74) is 3.14. The van der Waals surface area contributed by atoms with Gasteiger partial charge in [0.15, 0.2) is 10.6 Å². The maximum atomic E-state index is 13.5. The molecule has 2 aliphatic rings. The van der Waals surface area contributed by atoms with Gasteiger partial charge in [-0.25, -0.2) is 9.07 Å². The molecule has 3 heterocycles. The Hall–Kier alpha value is -2.68. The summed E-state index contributed by atoms with van der Waals surface area (Å²) in [5.74, 6) is -0.318. The molecule has 148 valence electrons. The molecule has 1 saturated heterocycles. The summed E-state index contributed by atoms with van der Waals surface area (Å²) in [6.45, 7) is 1.97. The average Bonchev–Trinajstić information content (AvgIpc) is 3.14. The van der Waals surface area contributed by atoms with Crippen molar-refractivity contribution in [3.05, 3.63) is 65.6 Å². The number of rotatable bonds is 2. The van der Waals surface area contributed by atoms with Gasteiger partial charge in [0.2, 0.25) is 0 Å². The Balaban J connectivity index is 1.70.